The highest BCUT2D eigenvalue weighted by molar-refractivity contribution is 6.03. The lowest BCUT2D eigenvalue weighted by Crippen LogP contribution is -2.40. The van der Waals surface area contributed by atoms with Gasteiger partial charge < -0.3 is 14.4 Å². The Morgan fingerprint density at radius 1 is 1.35 bits per heavy atom. The predicted molar refractivity (Wildman–Crippen MR) is 97.7 cm³/mol. The highest BCUT2D eigenvalue weighted by atomic mass is 16.6. The van der Waals surface area contributed by atoms with Crippen LogP contribution >= 0.6 is 0 Å². The molecular weight excluding hydrogens is 330 g/mol. The van der Waals surface area contributed by atoms with Crippen molar-refractivity contribution < 1.29 is 19.1 Å². The summed E-state index contributed by atoms with van der Waals surface area (Å²) in [7, 11) is 0. The largest absolute Gasteiger partial charge is 0.465 e. The number of anilines is 1. The van der Waals surface area contributed by atoms with Crippen LogP contribution in [0.25, 0.3) is 0 Å². The average Bonchev–Trinajstić information content (AvgIpc) is 3.27. The number of unbranched alkanes of at least 4 members (excludes halogenated alkanes) is 2. The van der Waals surface area contributed by atoms with Gasteiger partial charge in [-0.25, -0.2) is 0 Å². The number of hydrogen-bond acceptors (Lipinski definition) is 4. The minimum atomic E-state index is -0.697. The van der Waals surface area contributed by atoms with Gasteiger partial charge in [0.05, 0.1) is 25.2 Å². The molecule has 1 amide bonds. The number of nitrogens with zero attached hydrogens (tertiary/aromatic N) is 1. The minimum Gasteiger partial charge on any atom is -0.465 e. The van der Waals surface area contributed by atoms with Crippen LogP contribution in [0.5, 0.6) is 0 Å². The van der Waals surface area contributed by atoms with E-state index in [1.165, 1.54) is 0 Å². The van der Waals surface area contributed by atoms with E-state index in [4.69, 9.17) is 9.47 Å². The fourth-order valence-corrected chi connectivity index (χ4v) is 4.46. The van der Waals surface area contributed by atoms with E-state index < -0.39 is 17.4 Å². The van der Waals surface area contributed by atoms with Crippen LogP contribution in [0.15, 0.2) is 36.4 Å². The van der Waals surface area contributed by atoms with Crippen molar-refractivity contribution in [1.82, 2.24) is 0 Å². The van der Waals surface area contributed by atoms with Gasteiger partial charge in [0.15, 0.2) is 0 Å². The number of benzene rings is 1. The first-order chi connectivity index (χ1) is 12.6. The number of esters is 1. The van der Waals surface area contributed by atoms with E-state index >= 15 is 0 Å². The summed E-state index contributed by atoms with van der Waals surface area (Å²) in [6.45, 7) is 4.96. The second kappa shape index (κ2) is 6.54. The number of carbonyl (C=O) groups is 2. The van der Waals surface area contributed by atoms with Crippen LogP contribution in [0.3, 0.4) is 0 Å². The molecule has 2 fully saturated rings. The molecule has 26 heavy (non-hydrogen) atoms. The van der Waals surface area contributed by atoms with Crippen LogP contribution in [-0.4, -0.2) is 36.7 Å². The molecule has 4 atom stereocenters. The summed E-state index contributed by atoms with van der Waals surface area (Å²) in [6.07, 6.45) is 6.51. The van der Waals surface area contributed by atoms with Crippen LogP contribution in [0.2, 0.25) is 0 Å². The Kier molecular flexibility index (Phi) is 4.35. The van der Waals surface area contributed by atoms with Crippen molar-refractivity contribution >= 4 is 17.6 Å². The predicted octanol–water partition coefficient (Wildman–Crippen LogP) is 3.01. The quantitative estimate of drug-likeness (QED) is 0.447. The molecule has 5 nitrogen and oxygen atoms in total. The molecule has 0 unspecified atom stereocenters. The van der Waals surface area contributed by atoms with Crippen molar-refractivity contribution in [2.45, 2.75) is 44.8 Å². The van der Waals surface area contributed by atoms with Crippen molar-refractivity contribution in [3.8, 4) is 0 Å². The zero-order valence-electron chi connectivity index (χ0n) is 15.3. The molecule has 3 aliphatic rings. The molecule has 138 valence electrons. The monoisotopic (exact) mass is 355 g/mol. The molecule has 0 radical (unpaired) electrons. The molecule has 3 heterocycles. The Labute approximate surface area is 154 Å². The molecule has 1 spiro atoms. The molecular formula is C21H25NO4. The average molecular weight is 355 g/mol. The molecule has 1 aromatic carbocycles. The first kappa shape index (κ1) is 17.3. The summed E-state index contributed by atoms with van der Waals surface area (Å²) in [4.78, 5) is 27.7. The van der Waals surface area contributed by atoms with Gasteiger partial charge in [0.1, 0.15) is 11.5 Å². The van der Waals surface area contributed by atoms with Gasteiger partial charge in [0.2, 0.25) is 5.91 Å². The minimum absolute atomic E-state index is 0.0401. The number of ether oxygens (including phenoxy) is 2. The summed E-state index contributed by atoms with van der Waals surface area (Å²) in [5.41, 5.74) is 1.23. The number of hydrogen-bond donors (Lipinski definition) is 0. The van der Waals surface area contributed by atoms with E-state index in [0.29, 0.717) is 13.2 Å². The molecule has 0 aliphatic carbocycles. The lowest BCUT2D eigenvalue weighted by Gasteiger charge is -2.23. The normalized spacial score (nSPS) is 31.5. The number of carbonyl (C=O) groups excluding carboxylic acids is 2. The van der Waals surface area contributed by atoms with Gasteiger partial charge in [0.25, 0.3) is 0 Å². The van der Waals surface area contributed by atoms with Gasteiger partial charge in [-0.15, -0.1) is 0 Å². The zero-order chi connectivity index (χ0) is 18.3. The third kappa shape index (κ3) is 2.57. The second-order valence-corrected chi connectivity index (χ2v) is 7.49. The van der Waals surface area contributed by atoms with Gasteiger partial charge >= 0.3 is 5.97 Å². The summed E-state index contributed by atoms with van der Waals surface area (Å²) in [5, 5.41) is 0. The third-order valence-corrected chi connectivity index (χ3v) is 5.77. The van der Waals surface area contributed by atoms with Gasteiger partial charge in [-0.2, -0.15) is 0 Å². The van der Waals surface area contributed by atoms with E-state index in [2.05, 4.69) is 6.92 Å². The number of amides is 1. The van der Waals surface area contributed by atoms with Gasteiger partial charge in [-0.3, -0.25) is 9.59 Å². The summed E-state index contributed by atoms with van der Waals surface area (Å²) >= 11 is 0. The van der Waals surface area contributed by atoms with Crippen molar-refractivity contribution in [1.29, 1.82) is 0 Å². The van der Waals surface area contributed by atoms with Crippen molar-refractivity contribution in [2.24, 2.45) is 11.8 Å². The Balaban J connectivity index is 1.56. The Hall–Kier alpha value is -2.14. The highest BCUT2D eigenvalue weighted by Gasteiger charge is 2.67. The molecule has 2 saturated heterocycles. The van der Waals surface area contributed by atoms with E-state index in [-0.39, 0.29) is 18.0 Å². The van der Waals surface area contributed by atoms with Crippen molar-refractivity contribution in [2.75, 3.05) is 18.1 Å². The molecule has 0 N–H and O–H groups in total. The van der Waals surface area contributed by atoms with Gasteiger partial charge in [-0.05, 0) is 25.0 Å². The van der Waals surface area contributed by atoms with Crippen LogP contribution in [0, 0.1) is 18.8 Å². The maximum Gasteiger partial charge on any atom is 0.312 e. The van der Waals surface area contributed by atoms with E-state index in [9.17, 15) is 9.59 Å². The smallest absolute Gasteiger partial charge is 0.312 e. The Morgan fingerprint density at radius 3 is 2.92 bits per heavy atom. The van der Waals surface area contributed by atoms with Crippen LogP contribution in [0.1, 0.15) is 31.7 Å². The molecule has 2 bridgehead atoms. The highest BCUT2D eigenvalue weighted by Crippen LogP contribution is 2.53. The molecule has 0 saturated carbocycles. The van der Waals surface area contributed by atoms with Gasteiger partial charge in [0, 0.05) is 5.69 Å². The fraction of sp³-hybridized carbons (Fsp3) is 0.524. The maximum absolute atomic E-state index is 13.2. The number of para-hydroxylation sites is 1. The van der Waals surface area contributed by atoms with Crippen molar-refractivity contribution in [3.63, 3.8) is 0 Å². The summed E-state index contributed by atoms with van der Waals surface area (Å²) < 4.78 is 11.6. The number of aryl methyl sites for hydroxylation is 1. The Morgan fingerprint density at radius 2 is 2.15 bits per heavy atom. The van der Waals surface area contributed by atoms with E-state index in [0.717, 1.165) is 30.5 Å². The zero-order valence-corrected chi connectivity index (χ0v) is 15.3. The van der Waals surface area contributed by atoms with Crippen molar-refractivity contribution in [3.05, 3.63) is 42.0 Å². The standard InChI is InChI=1S/C21H25NO4/c1-3-4-7-12-25-20(24)17-16-10-11-21(26-16)13-22(19(23)18(17)21)15-9-6-5-8-14(15)2/h5-6,8-11,16-18H,3-4,7,12-13H2,1-2H3/t16-,17+,18-,21+/m1/s1. The summed E-state index contributed by atoms with van der Waals surface area (Å²) in [5.74, 6) is -1.37. The lowest BCUT2D eigenvalue weighted by atomic mass is 9.77. The first-order valence-corrected chi connectivity index (χ1v) is 9.48. The molecule has 1 aromatic rings. The van der Waals surface area contributed by atoms with Crippen LogP contribution < -0.4 is 4.90 Å². The second-order valence-electron chi connectivity index (χ2n) is 7.49. The topological polar surface area (TPSA) is 55.8 Å². The third-order valence-electron chi connectivity index (χ3n) is 5.77. The summed E-state index contributed by atoms with van der Waals surface area (Å²) in [6, 6.07) is 7.81. The van der Waals surface area contributed by atoms with Crippen LogP contribution in [0.4, 0.5) is 5.69 Å². The number of rotatable bonds is 6. The molecule has 4 rings (SSSR count). The fourth-order valence-electron chi connectivity index (χ4n) is 4.46. The van der Waals surface area contributed by atoms with E-state index in [1.807, 2.05) is 43.3 Å². The lowest BCUT2D eigenvalue weighted by molar-refractivity contribution is -0.152. The SMILES string of the molecule is CCCCCOC(=O)[C@H]1[C@H]2C=C[C@@]3(CN(c4ccccc4C)C(=O)[C@@H]13)O2. The van der Waals surface area contributed by atoms with Crippen LogP contribution in [-0.2, 0) is 19.1 Å². The molecule has 0 aromatic heterocycles. The number of fused-ring (bicyclic) bond motifs is 1. The maximum atomic E-state index is 13.2. The first-order valence-electron chi connectivity index (χ1n) is 9.48. The molecule has 5 heteroatoms. The molecule has 3 aliphatic heterocycles. The van der Waals surface area contributed by atoms with E-state index in [1.54, 1.807) is 4.90 Å². The Bertz CT molecular complexity index is 758. The van der Waals surface area contributed by atoms with Gasteiger partial charge in [-0.1, -0.05) is 50.1 Å².